The SMILES string of the molecule is CCCC(C)c1cccnc1C(C)(C)CC. The molecule has 0 bridgehead atoms. The summed E-state index contributed by atoms with van der Waals surface area (Å²) in [7, 11) is 0. The zero-order valence-corrected chi connectivity index (χ0v) is 11.4. The van der Waals surface area contributed by atoms with E-state index >= 15 is 0 Å². The first-order valence-electron chi connectivity index (χ1n) is 6.48. The number of hydrogen-bond acceptors (Lipinski definition) is 1. The van der Waals surface area contributed by atoms with Gasteiger partial charge in [0.05, 0.1) is 0 Å². The lowest BCUT2D eigenvalue weighted by Gasteiger charge is -2.27. The summed E-state index contributed by atoms with van der Waals surface area (Å²) in [6.07, 6.45) is 5.55. The van der Waals surface area contributed by atoms with Gasteiger partial charge in [0.25, 0.3) is 0 Å². The maximum Gasteiger partial charge on any atom is 0.0494 e. The predicted molar refractivity (Wildman–Crippen MR) is 70.9 cm³/mol. The highest BCUT2D eigenvalue weighted by Crippen LogP contribution is 2.32. The summed E-state index contributed by atoms with van der Waals surface area (Å²) in [6, 6.07) is 4.32. The Bertz CT molecular complexity index is 328. The van der Waals surface area contributed by atoms with Gasteiger partial charge >= 0.3 is 0 Å². The van der Waals surface area contributed by atoms with Gasteiger partial charge in [-0.15, -0.1) is 0 Å². The molecule has 0 amide bonds. The summed E-state index contributed by atoms with van der Waals surface area (Å²) in [5.74, 6) is 0.625. The lowest BCUT2D eigenvalue weighted by molar-refractivity contribution is 0.477. The van der Waals surface area contributed by atoms with Gasteiger partial charge < -0.3 is 0 Å². The molecule has 0 spiro atoms. The van der Waals surface area contributed by atoms with E-state index in [0.717, 1.165) is 6.42 Å². The molecule has 0 aliphatic carbocycles. The van der Waals surface area contributed by atoms with Crippen LogP contribution in [0.1, 0.15) is 71.1 Å². The van der Waals surface area contributed by atoms with Crippen LogP contribution in [0.2, 0.25) is 0 Å². The van der Waals surface area contributed by atoms with Crippen LogP contribution in [-0.2, 0) is 5.41 Å². The first-order valence-corrected chi connectivity index (χ1v) is 6.48. The Labute approximate surface area is 100 Å². The third-order valence-corrected chi connectivity index (χ3v) is 3.62. The normalized spacial score (nSPS) is 13.8. The quantitative estimate of drug-likeness (QED) is 0.701. The highest BCUT2D eigenvalue weighted by Gasteiger charge is 2.24. The van der Waals surface area contributed by atoms with Crippen LogP contribution in [0.3, 0.4) is 0 Å². The van der Waals surface area contributed by atoms with Crippen LogP contribution in [0, 0.1) is 0 Å². The van der Waals surface area contributed by atoms with E-state index in [1.807, 2.05) is 6.20 Å². The van der Waals surface area contributed by atoms with Gasteiger partial charge in [-0.1, -0.05) is 47.1 Å². The van der Waals surface area contributed by atoms with Crippen LogP contribution >= 0.6 is 0 Å². The summed E-state index contributed by atoms with van der Waals surface area (Å²) in [5, 5.41) is 0. The topological polar surface area (TPSA) is 12.9 Å². The maximum atomic E-state index is 4.62. The molecule has 0 saturated heterocycles. The first-order chi connectivity index (χ1) is 7.53. The fourth-order valence-corrected chi connectivity index (χ4v) is 2.14. The molecule has 1 heterocycles. The van der Waals surface area contributed by atoms with Gasteiger partial charge in [0.1, 0.15) is 0 Å². The fourth-order valence-electron chi connectivity index (χ4n) is 2.14. The second kappa shape index (κ2) is 5.47. The Kier molecular flexibility index (Phi) is 4.52. The van der Waals surface area contributed by atoms with Gasteiger partial charge in [-0.3, -0.25) is 4.98 Å². The maximum absolute atomic E-state index is 4.62. The molecule has 0 aliphatic heterocycles. The van der Waals surface area contributed by atoms with Gasteiger partial charge in [0.2, 0.25) is 0 Å². The zero-order chi connectivity index (χ0) is 12.2. The Hall–Kier alpha value is -0.850. The Morgan fingerprint density at radius 2 is 2.00 bits per heavy atom. The third kappa shape index (κ3) is 2.84. The standard InChI is InChI=1S/C15H25N/c1-6-9-12(3)13-10-8-11-16-14(13)15(4,5)7-2/h8,10-12H,6-7,9H2,1-5H3. The summed E-state index contributed by atoms with van der Waals surface area (Å²) < 4.78 is 0. The molecule has 1 heteroatoms. The molecule has 1 atom stereocenters. The number of pyridine rings is 1. The van der Waals surface area contributed by atoms with Crippen LogP contribution < -0.4 is 0 Å². The van der Waals surface area contributed by atoms with Crippen LogP contribution in [-0.4, -0.2) is 4.98 Å². The van der Waals surface area contributed by atoms with Gasteiger partial charge in [0.15, 0.2) is 0 Å². The molecule has 1 nitrogen and oxygen atoms in total. The van der Waals surface area contributed by atoms with Crippen LogP contribution in [0.15, 0.2) is 18.3 Å². The number of rotatable bonds is 5. The molecule has 0 fully saturated rings. The first kappa shape index (κ1) is 13.2. The lowest BCUT2D eigenvalue weighted by Crippen LogP contribution is -2.20. The van der Waals surface area contributed by atoms with E-state index in [4.69, 9.17) is 0 Å². The lowest BCUT2D eigenvalue weighted by atomic mass is 9.80. The van der Waals surface area contributed by atoms with Gasteiger partial charge in [-0.2, -0.15) is 0 Å². The Balaban J connectivity index is 3.09. The van der Waals surface area contributed by atoms with Crippen molar-refractivity contribution >= 4 is 0 Å². The third-order valence-electron chi connectivity index (χ3n) is 3.62. The molecule has 0 aromatic carbocycles. The van der Waals surface area contributed by atoms with E-state index in [9.17, 15) is 0 Å². The molecule has 16 heavy (non-hydrogen) atoms. The van der Waals surface area contributed by atoms with Crippen molar-refractivity contribution < 1.29 is 0 Å². The van der Waals surface area contributed by atoms with Crippen molar-refractivity contribution in [3.63, 3.8) is 0 Å². The minimum atomic E-state index is 0.193. The molecule has 1 aromatic heterocycles. The highest BCUT2D eigenvalue weighted by atomic mass is 14.7. The van der Waals surface area contributed by atoms with E-state index in [0.29, 0.717) is 5.92 Å². The highest BCUT2D eigenvalue weighted by molar-refractivity contribution is 5.29. The average molecular weight is 219 g/mol. The minimum absolute atomic E-state index is 0.193. The Morgan fingerprint density at radius 3 is 2.56 bits per heavy atom. The van der Waals surface area contributed by atoms with Crippen molar-refractivity contribution in [3.8, 4) is 0 Å². The number of nitrogens with zero attached hydrogens (tertiary/aromatic N) is 1. The molecule has 1 rings (SSSR count). The second-order valence-corrected chi connectivity index (χ2v) is 5.37. The van der Waals surface area contributed by atoms with Crippen LogP contribution in [0.4, 0.5) is 0 Å². The minimum Gasteiger partial charge on any atom is -0.260 e. The molecule has 0 radical (unpaired) electrons. The Morgan fingerprint density at radius 1 is 1.31 bits per heavy atom. The van der Waals surface area contributed by atoms with Gasteiger partial charge in [-0.25, -0.2) is 0 Å². The van der Waals surface area contributed by atoms with Crippen molar-refractivity contribution in [1.82, 2.24) is 4.98 Å². The van der Waals surface area contributed by atoms with Crippen molar-refractivity contribution in [2.75, 3.05) is 0 Å². The van der Waals surface area contributed by atoms with Crippen molar-refractivity contribution in [1.29, 1.82) is 0 Å². The molecule has 1 aromatic rings. The van der Waals surface area contributed by atoms with Gasteiger partial charge in [0, 0.05) is 17.3 Å². The monoisotopic (exact) mass is 219 g/mol. The smallest absolute Gasteiger partial charge is 0.0494 e. The average Bonchev–Trinajstić information content (AvgIpc) is 2.29. The molecule has 90 valence electrons. The molecule has 1 unspecified atom stereocenters. The van der Waals surface area contributed by atoms with Crippen molar-refractivity contribution in [2.24, 2.45) is 0 Å². The molecule has 0 aliphatic rings. The fraction of sp³-hybridized carbons (Fsp3) is 0.667. The predicted octanol–water partition coefficient (Wildman–Crippen LogP) is 4.67. The van der Waals surface area contributed by atoms with E-state index in [-0.39, 0.29) is 5.41 Å². The van der Waals surface area contributed by atoms with E-state index in [1.54, 1.807) is 0 Å². The molecular formula is C15H25N. The zero-order valence-electron chi connectivity index (χ0n) is 11.4. The molecule has 0 saturated carbocycles. The summed E-state index contributed by atoms with van der Waals surface area (Å²) in [4.78, 5) is 4.62. The van der Waals surface area contributed by atoms with Crippen molar-refractivity contribution in [3.05, 3.63) is 29.6 Å². The van der Waals surface area contributed by atoms with Crippen LogP contribution in [0.5, 0.6) is 0 Å². The number of aromatic nitrogens is 1. The molecular weight excluding hydrogens is 194 g/mol. The van der Waals surface area contributed by atoms with E-state index in [1.165, 1.54) is 24.1 Å². The summed E-state index contributed by atoms with van der Waals surface area (Å²) in [6.45, 7) is 11.4. The summed E-state index contributed by atoms with van der Waals surface area (Å²) >= 11 is 0. The van der Waals surface area contributed by atoms with Crippen molar-refractivity contribution in [2.45, 2.75) is 65.2 Å². The largest absolute Gasteiger partial charge is 0.260 e. The molecule has 0 N–H and O–H groups in total. The van der Waals surface area contributed by atoms with E-state index < -0.39 is 0 Å². The van der Waals surface area contributed by atoms with Gasteiger partial charge in [-0.05, 0) is 30.4 Å². The van der Waals surface area contributed by atoms with Crippen LogP contribution in [0.25, 0.3) is 0 Å². The van der Waals surface area contributed by atoms with E-state index in [2.05, 4.69) is 51.7 Å². The number of hydrogen-bond donors (Lipinski definition) is 0. The summed E-state index contributed by atoms with van der Waals surface area (Å²) in [5.41, 5.74) is 2.92. The second-order valence-electron chi connectivity index (χ2n) is 5.37.